The Balaban J connectivity index is 3.35. The van der Waals surface area contributed by atoms with Gasteiger partial charge in [-0.2, -0.15) is 0 Å². The molecule has 1 atom stereocenters. The Kier molecular flexibility index (Phi) is 18.0. The van der Waals surface area contributed by atoms with E-state index in [4.69, 9.17) is 9.47 Å². The van der Waals surface area contributed by atoms with Crippen molar-refractivity contribution in [2.45, 2.75) is 123 Å². The Morgan fingerprint density at radius 3 is 1.64 bits per heavy atom. The topological polar surface area (TPSA) is 69.7 Å². The largest absolute Gasteiger partial charge is 0.466 e. The van der Waals surface area contributed by atoms with Crippen LogP contribution in [0.4, 0.5) is 0 Å². The van der Waals surface area contributed by atoms with Gasteiger partial charge in [-0.15, -0.1) is 0 Å². The van der Waals surface area contributed by atoms with E-state index in [0.29, 0.717) is 13.0 Å². The molecule has 0 radical (unpaired) electrons. The first-order chi connectivity index (χ1) is 13.5. The zero-order valence-corrected chi connectivity index (χ0v) is 18.4. The zero-order chi connectivity index (χ0) is 21.0. The molecule has 0 aromatic carbocycles. The maximum Gasteiger partial charge on any atom is 0.306 e. The molecule has 0 rings (SSSR count). The van der Waals surface area contributed by atoms with Crippen molar-refractivity contribution in [1.29, 1.82) is 0 Å². The second-order valence-electron chi connectivity index (χ2n) is 7.71. The molecule has 0 aliphatic carbocycles. The molecule has 28 heavy (non-hydrogen) atoms. The maximum absolute atomic E-state index is 11.6. The minimum Gasteiger partial charge on any atom is -0.466 e. The van der Waals surface area contributed by atoms with Crippen molar-refractivity contribution in [3.05, 3.63) is 0 Å². The van der Waals surface area contributed by atoms with Crippen LogP contribution in [0.1, 0.15) is 117 Å². The first kappa shape index (κ1) is 26.6. The quantitative estimate of drug-likeness (QED) is 0.199. The van der Waals surface area contributed by atoms with Gasteiger partial charge in [-0.25, -0.2) is 0 Å². The van der Waals surface area contributed by atoms with E-state index in [0.717, 1.165) is 12.8 Å². The van der Waals surface area contributed by atoms with Crippen molar-refractivity contribution >= 4 is 17.7 Å². The molecule has 0 saturated heterocycles. The van der Waals surface area contributed by atoms with Crippen LogP contribution in [0.15, 0.2) is 0 Å². The molecule has 0 aliphatic rings. The Morgan fingerprint density at radius 1 is 0.679 bits per heavy atom. The number of esters is 2. The second-order valence-corrected chi connectivity index (χ2v) is 7.71. The zero-order valence-electron chi connectivity index (χ0n) is 18.4. The predicted molar refractivity (Wildman–Crippen MR) is 112 cm³/mol. The van der Waals surface area contributed by atoms with Crippen molar-refractivity contribution in [2.24, 2.45) is 0 Å². The second kappa shape index (κ2) is 18.9. The van der Waals surface area contributed by atoms with E-state index in [1.54, 1.807) is 6.92 Å². The third kappa shape index (κ3) is 18.0. The number of rotatable bonds is 19. The fourth-order valence-electron chi connectivity index (χ4n) is 2.92. The highest BCUT2D eigenvalue weighted by Gasteiger charge is 2.14. The van der Waals surface area contributed by atoms with Gasteiger partial charge >= 0.3 is 11.9 Å². The SMILES string of the molecule is CCCCCCCCCCCCCCOC(=O)CCCC(=O)OC(C)C(C)=O. The lowest BCUT2D eigenvalue weighted by Gasteiger charge is -2.09. The minimum absolute atomic E-state index is 0.130. The van der Waals surface area contributed by atoms with Crippen LogP contribution in [0.3, 0.4) is 0 Å². The number of carbonyl (C=O) groups excluding carboxylic acids is 3. The Hall–Kier alpha value is -1.39. The van der Waals surface area contributed by atoms with Crippen LogP contribution in [0, 0.1) is 0 Å². The summed E-state index contributed by atoms with van der Waals surface area (Å²) in [5.41, 5.74) is 0. The van der Waals surface area contributed by atoms with Gasteiger partial charge in [0.05, 0.1) is 6.61 Å². The highest BCUT2D eigenvalue weighted by Crippen LogP contribution is 2.12. The molecule has 0 saturated carbocycles. The molecule has 5 nitrogen and oxygen atoms in total. The van der Waals surface area contributed by atoms with Gasteiger partial charge < -0.3 is 9.47 Å². The smallest absolute Gasteiger partial charge is 0.306 e. The maximum atomic E-state index is 11.6. The van der Waals surface area contributed by atoms with Gasteiger partial charge in [-0.05, 0) is 26.7 Å². The average Bonchev–Trinajstić information content (AvgIpc) is 2.65. The van der Waals surface area contributed by atoms with Crippen molar-refractivity contribution in [3.63, 3.8) is 0 Å². The van der Waals surface area contributed by atoms with E-state index in [1.165, 1.54) is 71.1 Å². The first-order valence-electron chi connectivity index (χ1n) is 11.3. The van der Waals surface area contributed by atoms with Crippen LogP contribution in [-0.2, 0) is 23.9 Å². The Bertz CT molecular complexity index is 419. The van der Waals surface area contributed by atoms with Crippen LogP contribution < -0.4 is 0 Å². The number of ether oxygens (including phenoxy) is 2. The molecule has 1 unspecified atom stereocenters. The van der Waals surface area contributed by atoms with Crippen LogP contribution in [-0.4, -0.2) is 30.4 Å². The lowest BCUT2D eigenvalue weighted by Crippen LogP contribution is -2.21. The monoisotopic (exact) mass is 398 g/mol. The van der Waals surface area contributed by atoms with Crippen molar-refractivity contribution in [1.82, 2.24) is 0 Å². The van der Waals surface area contributed by atoms with Gasteiger partial charge in [0.1, 0.15) is 0 Å². The Morgan fingerprint density at radius 2 is 1.14 bits per heavy atom. The molecule has 0 bridgehead atoms. The highest BCUT2D eigenvalue weighted by atomic mass is 16.5. The first-order valence-corrected chi connectivity index (χ1v) is 11.3. The summed E-state index contributed by atoms with van der Waals surface area (Å²) >= 11 is 0. The molecule has 0 N–H and O–H groups in total. The van der Waals surface area contributed by atoms with Gasteiger partial charge in [0.2, 0.25) is 0 Å². The van der Waals surface area contributed by atoms with Gasteiger partial charge in [0.25, 0.3) is 0 Å². The average molecular weight is 399 g/mol. The van der Waals surface area contributed by atoms with E-state index >= 15 is 0 Å². The summed E-state index contributed by atoms with van der Waals surface area (Å²) in [6, 6.07) is 0. The molecule has 5 heteroatoms. The molecular weight excluding hydrogens is 356 g/mol. The summed E-state index contributed by atoms with van der Waals surface area (Å²) in [5, 5.41) is 0. The summed E-state index contributed by atoms with van der Waals surface area (Å²) in [4.78, 5) is 34.1. The van der Waals surface area contributed by atoms with E-state index in [-0.39, 0.29) is 24.6 Å². The predicted octanol–water partition coefficient (Wildman–Crippen LogP) is 5.92. The molecule has 0 amide bonds. The summed E-state index contributed by atoms with van der Waals surface area (Å²) in [5.74, 6) is -0.901. The number of Topliss-reactive ketones (excluding diaryl/α,β-unsaturated/α-hetero) is 1. The Labute approximate surface area is 171 Å². The van der Waals surface area contributed by atoms with Crippen molar-refractivity contribution in [2.75, 3.05) is 6.61 Å². The molecule has 0 aromatic heterocycles. The number of unbranched alkanes of at least 4 members (excludes halogenated alkanes) is 11. The third-order valence-electron chi connectivity index (χ3n) is 4.90. The third-order valence-corrected chi connectivity index (χ3v) is 4.90. The van der Waals surface area contributed by atoms with Crippen LogP contribution >= 0.6 is 0 Å². The molecular formula is C23H42O5. The van der Waals surface area contributed by atoms with Gasteiger partial charge in [0.15, 0.2) is 11.9 Å². The van der Waals surface area contributed by atoms with Gasteiger partial charge in [-0.3, -0.25) is 14.4 Å². The summed E-state index contributed by atoms with van der Waals surface area (Å²) < 4.78 is 10.1. The number of ketones is 1. The molecule has 0 aliphatic heterocycles. The fraction of sp³-hybridized carbons (Fsp3) is 0.870. The van der Waals surface area contributed by atoms with E-state index < -0.39 is 12.1 Å². The van der Waals surface area contributed by atoms with Crippen molar-refractivity contribution in [3.8, 4) is 0 Å². The van der Waals surface area contributed by atoms with Crippen LogP contribution in [0.5, 0.6) is 0 Å². The lowest BCUT2D eigenvalue weighted by molar-refractivity contribution is -0.153. The molecule has 0 heterocycles. The normalized spacial score (nSPS) is 11.8. The molecule has 0 fully saturated rings. The highest BCUT2D eigenvalue weighted by molar-refractivity contribution is 5.83. The molecule has 164 valence electrons. The minimum atomic E-state index is -0.717. The fourth-order valence-corrected chi connectivity index (χ4v) is 2.92. The standard InChI is InChI=1S/C23H42O5/c1-4-5-6-7-8-9-10-11-12-13-14-15-19-27-22(25)17-16-18-23(26)28-21(3)20(2)24/h21H,4-19H2,1-3H3. The summed E-state index contributed by atoms with van der Waals surface area (Å²) in [7, 11) is 0. The molecule has 0 aromatic rings. The number of hydrogen-bond acceptors (Lipinski definition) is 5. The van der Waals surface area contributed by atoms with Crippen molar-refractivity contribution < 1.29 is 23.9 Å². The van der Waals surface area contributed by atoms with Crippen LogP contribution in [0.25, 0.3) is 0 Å². The van der Waals surface area contributed by atoms with Gasteiger partial charge in [-0.1, -0.05) is 77.6 Å². The summed E-state index contributed by atoms with van der Waals surface area (Å²) in [6.07, 6.45) is 15.3. The number of hydrogen-bond donors (Lipinski definition) is 0. The lowest BCUT2D eigenvalue weighted by atomic mass is 10.1. The summed E-state index contributed by atoms with van der Waals surface area (Å²) in [6.45, 7) is 5.63. The number of carbonyl (C=O) groups is 3. The van der Waals surface area contributed by atoms with E-state index in [9.17, 15) is 14.4 Å². The van der Waals surface area contributed by atoms with Gasteiger partial charge in [0, 0.05) is 12.8 Å². The molecule has 0 spiro atoms. The van der Waals surface area contributed by atoms with Crippen LogP contribution in [0.2, 0.25) is 0 Å². The van der Waals surface area contributed by atoms with E-state index in [2.05, 4.69) is 6.92 Å². The van der Waals surface area contributed by atoms with E-state index in [1.807, 2.05) is 0 Å².